The van der Waals surface area contributed by atoms with Crippen molar-refractivity contribution in [2.75, 3.05) is 6.54 Å². The first-order valence-corrected chi connectivity index (χ1v) is 5.28. The van der Waals surface area contributed by atoms with Crippen LogP contribution in [-0.4, -0.2) is 28.6 Å². The van der Waals surface area contributed by atoms with Crippen molar-refractivity contribution in [2.24, 2.45) is 0 Å². The molecule has 0 aliphatic rings. The minimum absolute atomic E-state index is 0.0266. The quantitative estimate of drug-likeness (QED) is 0.675. The third kappa shape index (κ3) is 3.86. The van der Waals surface area contributed by atoms with E-state index in [4.69, 9.17) is 5.11 Å². The van der Waals surface area contributed by atoms with E-state index in [2.05, 4.69) is 15.6 Å². The number of pyridine rings is 1. The molecule has 0 bridgehead atoms. The molecule has 0 fully saturated rings. The molecule has 5 nitrogen and oxygen atoms in total. The van der Waals surface area contributed by atoms with E-state index in [-0.39, 0.29) is 17.7 Å². The van der Waals surface area contributed by atoms with Crippen LogP contribution < -0.4 is 10.6 Å². The summed E-state index contributed by atoms with van der Waals surface area (Å²) in [6.07, 6.45) is 1.38. The normalized spacial score (nSPS) is 12.1. The van der Waals surface area contributed by atoms with Crippen molar-refractivity contribution in [3.63, 3.8) is 0 Å². The molecule has 5 heteroatoms. The van der Waals surface area contributed by atoms with Gasteiger partial charge in [0.1, 0.15) is 5.75 Å². The summed E-state index contributed by atoms with van der Waals surface area (Å²) in [6, 6.07) is 3.03. The number of carbonyl (C=O) groups excluding carboxylic acids is 1. The van der Waals surface area contributed by atoms with Crippen LogP contribution in [0.15, 0.2) is 18.3 Å². The smallest absolute Gasteiger partial charge is 0.236 e. The molecule has 0 aliphatic carbocycles. The van der Waals surface area contributed by atoms with Crippen LogP contribution in [0.3, 0.4) is 0 Å². The fourth-order valence-electron chi connectivity index (χ4n) is 1.20. The summed E-state index contributed by atoms with van der Waals surface area (Å²) in [5.74, 6) is 0.113. The van der Waals surface area contributed by atoms with Gasteiger partial charge in [-0.3, -0.25) is 9.78 Å². The van der Waals surface area contributed by atoms with E-state index < -0.39 is 0 Å². The molecule has 0 radical (unpaired) electrons. The van der Waals surface area contributed by atoms with Crippen molar-refractivity contribution in [3.8, 4) is 5.75 Å². The minimum atomic E-state index is -0.254. The standard InChI is InChI=1S/C11H17N3O2/c1-3-12-11(16)8(2)13-6-9-4-5-10(15)7-14-9/h4-5,7-8,13,15H,3,6H2,1-2H3,(H,12,16). The van der Waals surface area contributed by atoms with Gasteiger partial charge in [-0.05, 0) is 26.0 Å². The van der Waals surface area contributed by atoms with Gasteiger partial charge in [-0.2, -0.15) is 0 Å². The largest absolute Gasteiger partial charge is 0.506 e. The van der Waals surface area contributed by atoms with Crippen molar-refractivity contribution >= 4 is 5.91 Å². The molecule has 0 spiro atoms. The van der Waals surface area contributed by atoms with E-state index in [0.29, 0.717) is 13.1 Å². The Kier molecular flexibility index (Phi) is 4.72. The van der Waals surface area contributed by atoms with Crippen molar-refractivity contribution in [1.29, 1.82) is 0 Å². The van der Waals surface area contributed by atoms with Gasteiger partial charge >= 0.3 is 0 Å². The highest BCUT2D eigenvalue weighted by Crippen LogP contribution is 2.05. The lowest BCUT2D eigenvalue weighted by atomic mass is 10.3. The molecule has 1 atom stereocenters. The number of hydrogen-bond donors (Lipinski definition) is 3. The number of nitrogens with one attached hydrogen (secondary N) is 2. The van der Waals surface area contributed by atoms with Gasteiger partial charge in [0.15, 0.2) is 0 Å². The van der Waals surface area contributed by atoms with E-state index in [1.54, 1.807) is 19.1 Å². The molecule has 0 saturated heterocycles. The Morgan fingerprint density at radius 3 is 2.88 bits per heavy atom. The second-order valence-electron chi connectivity index (χ2n) is 3.50. The Labute approximate surface area is 94.9 Å². The number of aromatic hydroxyl groups is 1. The third-order valence-corrected chi connectivity index (χ3v) is 2.14. The predicted molar refractivity (Wildman–Crippen MR) is 60.9 cm³/mol. The van der Waals surface area contributed by atoms with Gasteiger partial charge in [0.2, 0.25) is 5.91 Å². The number of amides is 1. The average Bonchev–Trinajstić information content (AvgIpc) is 2.28. The van der Waals surface area contributed by atoms with E-state index in [1.807, 2.05) is 6.92 Å². The first-order valence-electron chi connectivity index (χ1n) is 5.28. The van der Waals surface area contributed by atoms with Crippen molar-refractivity contribution in [2.45, 2.75) is 26.4 Å². The predicted octanol–water partition coefficient (Wildman–Crippen LogP) is 0.401. The van der Waals surface area contributed by atoms with Crippen LogP contribution in [0.1, 0.15) is 19.5 Å². The van der Waals surface area contributed by atoms with Gasteiger partial charge in [-0.25, -0.2) is 0 Å². The van der Waals surface area contributed by atoms with Gasteiger partial charge in [0.05, 0.1) is 17.9 Å². The Hall–Kier alpha value is -1.62. The molecule has 3 N–H and O–H groups in total. The van der Waals surface area contributed by atoms with Crippen LogP contribution in [0.25, 0.3) is 0 Å². The van der Waals surface area contributed by atoms with Crippen LogP contribution >= 0.6 is 0 Å². The lowest BCUT2D eigenvalue weighted by molar-refractivity contribution is -0.122. The highest BCUT2D eigenvalue weighted by atomic mass is 16.3. The summed E-state index contributed by atoms with van der Waals surface area (Å²) in [7, 11) is 0. The van der Waals surface area contributed by atoms with Crippen molar-refractivity contribution in [3.05, 3.63) is 24.0 Å². The molecule has 88 valence electrons. The zero-order chi connectivity index (χ0) is 12.0. The number of carbonyl (C=O) groups is 1. The number of likely N-dealkylation sites (N-methyl/N-ethyl adjacent to an activating group) is 1. The van der Waals surface area contributed by atoms with Gasteiger partial charge in [-0.1, -0.05) is 0 Å². The maximum Gasteiger partial charge on any atom is 0.236 e. The summed E-state index contributed by atoms with van der Waals surface area (Å²) in [5, 5.41) is 14.8. The molecule has 1 unspecified atom stereocenters. The summed E-state index contributed by atoms with van der Waals surface area (Å²) in [4.78, 5) is 15.4. The zero-order valence-electron chi connectivity index (χ0n) is 9.53. The van der Waals surface area contributed by atoms with Crippen LogP contribution in [0.4, 0.5) is 0 Å². The summed E-state index contributed by atoms with van der Waals surface area (Å²) < 4.78 is 0. The molecule has 1 heterocycles. The molecular formula is C11H17N3O2. The fraction of sp³-hybridized carbons (Fsp3) is 0.455. The van der Waals surface area contributed by atoms with Crippen LogP contribution in [-0.2, 0) is 11.3 Å². The van der Waals surface area contributed by atoms with Crippen molar-refractivity contribution < 1.29 is 9.90 Å². The highest BCUT2D eigenvalue weighted by molar-refractivity contribution is 5.81. The van der Waals surface area contributed by atoms with E-state index in [0.717, 1.165) is 5.69 Å². The SMILES string of the molecule is CCNC(=O)C(C)NCc1ccc(O)cn1. The Balaban J connectivity index is 2.39. The third-order valence-electron chi connectivity index (χ3n) is 2.14. The molecule has 16 heavy (non-hydrogen) atoms. The van der Waals surface area contributed by atoms with Crippen molar-refractivity contribution in [1.82, 2.24) is 15.6 Å². The van der Waals surface area contributed by atoms with Gasteiger partial charge in [0, 0.05) is 13.1 Å². The average molecular weight is 223 g/mol. The lowest BCUT2D eigenvalue weighted by Crippen LogP contribution is -2.41. The molecule has 0 saturated carbocycles. The highest BCUT2D eigenvalue weighted by Gasteiger charge is 2.10. The summed E-state index contributed by atoms with van der Waals surface area (Å²) in [5.41, 5.74) is 0.786. The lowest BCUT2D eigenvalue weighted by Gasteiger charge is -2.12. The Bertz CT molecular complexity index is 338. The van der Waals surface area contributed by atoms with Crippen LogP contribution in [0.5, 0.6) is 5.75 Å². The topological polar surface area (TPSA) is 74.2 Å². The maximum absolute atomic E-state index is 11.4. The van der Waals surface area contributed by atoms with E-state index in [9.17, 15) is 4.79 Å². The molecule has 1 rings (SSSR count). The van der Waals surface area contributed by atoms with Gasteiger partial charge < -0.3 is 15.7 Å². The number of rotatable bonds is 5. The molecule has 0 aromatic carbocycles. The van der Waals surface area contributed by atoms with E-state index >= 15 is 0 Å². The van der Waals surface area contributed by atoms with Gasteiger partial charge in [-0.15, -0.1) is 0 Å². The second kappa shape index (κ2) is 6.07. The fourth-order valence-corrected chi connectivity index (χ4v) is 1.20. The number of aromatic nitrogens is 1. The first-order chi connectivity index (χ1) is 7.63. The molecule has 0 aliphatic heterocycles. The first kappa shape index (κ1) is 12.4. The molecule has 1 amide bonds. The summed E-state index contributed by atoms with van der Waals surface area (Å²) in [6.45, 7) is 4.80. The second-order valence-corrected chi connectivity index (χ2v) is 3.50. The van der Waals surface area contributed by atoms with Gasteiger partial charge in [0.25, 0.3) is 0 Å². The minimum Gasteiger partial charge on any atom is -0.506 e. The maximum atomic E-state index is 11.4. The number of hydrogen-bond acceptors (Lipinski definition) is 4. The van der Waals surface area contributed by atoms with E-state index in [1.165, 1.54) is 6.20 Å². The zero-order valence-corrected chi connectivity index (χ0v) is 9.53. The van der Waals surface area contributed by atoms with Crippen LogP contribution in [0.2, 0.25) is 0 Å². The number of nitrogens with zero attached hydrogens (tertiary/aromatic N) is 1. The van der Waals surface area contributed by atoms with Crippen LogP contribution in [0, 0.1) is 0 Å². The monoisotopic (exact) mass is 223 g/mol. The Morgan fingerprint density at radius 1 is 1.56 bits per heavy atom. The molecular weight excluding hydrogens is 206 g/mol. The summed E-state index contributed by atoms with van der Waals surface area (Å²) >= 11 is 0. The molecule has 1 aromatic heterocycles. The Morgan fingerprint density at radius 2 is 2.31 bits per heavy atom. The molecule has 1 aromatic rings.